The van der Waals surface area contributed by atoms with E-state index in [1.807, 2.05) is 30.3 Å². The van der Waals surface area contributed by atoms with Crippen molar-refractivity contribution in [2.24, 2.45) is 0 Å². The molecule has 0 bridgehead atoms. The lowest BCUT2D eigenvalue weighted by Crippen LogP contribution is -2.31. The number of halogens is 1. The first-order valence-electron chi connectivity index (χ1n) is 11.0. The molecule has 1 saturated carbocycles. The Morgan fingerprint density at radius 2 is 1.86 bits per heavy atom. The molecule has 0 amide bonds. The van der Waals surface area contributed by atoms with Crippen LogP contribution in [-0.2, 0) is 13.0 Å². The molecule has 184 valence electrons. The highest BCUT2D eigenvalue weighted by Gasteiger charge is 2.45. The number of fused-ring (bicyclic) bond motifs is 1. The Labute approximate surface area is 204 Å². The van der Waals surface area contributed by atoms with Crippen LogP contribution in [0.5, 0.6) is 0 Å². The zero-order chi connectivity index (χ0) is 24.5. The Morgan fingerprint density at radius 3 is 2.57 bits per heavy atom. The van der Waals surface area contributed by atoms with Crippen LogP contribution in [-0.4, -0.2) is 85.0 Å². The summed E-state index contributed by atoms with van der Waals surface area (Å²) in [5.74, 6) is 0.469. The summed E-state index contributed by atoms with van der Waals surface area (Å²) in [6.45, 7) is -0.528. The molecule has 35 heavy (non-hydrogen) atoms. The molecule has 0 spiro atoms. The summed E-state index contributed by atoms with van der Waals surface area (Å²) < 4.78 is 1.64. The molecule has 14 heteroatoms. The molecule has 0 radical (unpaired) electrons. The first-order chi connectivity index (χ1) is 17.0. The fourth-order valence-corrected chi connectivity index (χ4v) is 4.60. The lowest BCUT2D eigenvalue weighted by Gasteiger charge is -2.19. The van der Waals surface area contributed by atoms with Gasteiger partial charge in [-0.1, -0.05) is 30.3 Å². The predicted molar refractivity (Wildman–Crippen MR) is 123 cm³/mol. The van der Waals surface area contributed by atoms with Crippen molar-refractivity contribution in [1.29, 1.82) is 0 Å². The van der Waals surface area contributed by atoms with E-state index in [0.717, 1.165) is 5.56 Å². The molecule has 0 saturated heterocycles. The lowest BCUT2D eigenvalue weighted by molar-refractivity contribution is 0.00469. The summed E-state index contributed by atoms with van der Waals surface area (Å²) in [5, 5.41) is 55.4. The summed E-state index contributed by atoms with van der Waals surface area (Å²) in [7, 11) is 0. The van der Waals surface area contributed by atoms with E-state index in [1.54, 1.807) is 4.57 Å². The monoisotopic (exact) mass is 501 g/mol. The third-order valence-electron chi connectivity index (χ3n) is 6.17. The van der Waals surface area contributed by atoms with Gasteiger partial charge in [-0.2, -0.15) is 14.8 Å². The van der Waals surface area contributed by atoms with Gasteiger partial charge in [-0.05, 0) is 35.2 Å². The summed E-state index contributed by atoms with van der Waals surface area (Å²) in [4.78, 5) is 14.2. The molecular formula is C21H24ClN9O4. The van der Waals surface area contributed by atoms with Crippen LogP contribution in [0.25, 0.3) is 11.2 Å². The lowest BCUT2D eigenvalue weighted by atomic mass is 10.1. The minimum absolute atomic E-state index is 0.0340. The molecule has 3 heterocycles. The zero-order valence-electron chi connectivity index (χ0n) is 18.4. The van der Waals surface area contributed by atoms with Crippen molar-refractivity contribution in [2.45, 2.75) is 49.8 Å². The number of nitrogens with one attached hydrogen (secondary N) is 1. The number of aliphatic hydroxyl groups is 4. The second-order valence-electron chi connectivity index (χ2n) is 8.41. The van der Waals surface area contributed by atoms with Crippen LogP contribution in [0.15, 0.2) is 36.7 Å². The van der Waals surface area contributed by atoms with Crippen molar-refractivity contribution in [1.82, 2.24) is 39.7 Å². The molecule has 5 atom stereocenters. The first-order valence-corrected chi connectivity index (χ1v) is 11.4. The number of anilines is 1. The standard InChI is InChI=1S/C21H24ClN9O4/c22-21-25-19(24-12(8-32)6-11-4-2-1-3-5-11)16-20(26-21)30(10-23-16)13-7-14(18(35)17(13)34)31-28-15(9-33)27-29-31/h1-5,10,12-14,17-18,32-35H,6-9H2,(H,24,25,26)/t12-,13+,14-,17-,18+/m0/s1. The molecule has 5 N–H and O–H groups in total. The maximum atomic E-state index is 10.8. The quantitative estimate of drug-likeness (QED) is 0.203. The maximum Gasteiger partial charge on any atom is 0.226 e. The van der Waals surface area contributed by atoms with Gasteiger partial charge in [-0.15, -0.1) is 10.2 Å². The number of benzene rings is 1. The molecule has 1 fully saturated rings. The average Bonchev–Trinajstić information content (AvgIpc) is 3.57. The Balaban J connectivity index is 1.43. The van der Waals surface area contributed by atoms with Crippen molar-refractivity contribution >= 4 is 28.6 Å². The molecule has 0 unspecified atom stereocenters. The van der Waals surface area contributed by atoms with Gasteiger partial charge in [-0.25, -0.2) is 4.98 Å². The SMILES string of the molecule is OCc1nnn([C@H]2C[C@@H](n3cnc4c(N[C@H](CO)Cc5ccccc5)nc(Cl)nc43)[C@H](O)[C@@H]2O)n1. The number of aliphatic hydroxyl groups excluding tert-OH is 4. The van der Waals surface area contributed by atoms with E-state index in [1.165, 1.54) is 11.1 Å². The average molecular weight is 502 g/mol. The summed E-state index contributed by atoms with van der Waals surface area (Å²) in [6, 6.07) is 8.10. The van der Waals surface area contributed by atoms with Crippen molar-refractivity contribution in [2.75, 3.05) is 11.9 Å². The van der Waals surface area contributed by atoms with Crippen molar-refractivity contribution in [3.63, 3.8) is 0 Å². The van der Waals surface area contributed by atoms with Gasteiger partial charge in [0, 0.05) is 0 Å². The first kappa shape index (κ1) is 23.5. The van der Waals surface area contributed by atoms with Gasteiger partial charge < -0.3 is 30.3 Å². The fraction of sp³-hybridized carbons (Fsp3) is 0.429. The van der Waals surface area contributed by atoms with Gasteiger partial charge in [0.25, 0.3) is 0 Å². The number of rotatable bonds is 8. The number of aromatic nitrogens is 8. The second kappa shape index (κ2) is 9.79. The van der Waals surface area contributed by atoms with E-state index in [4.69, 9.17) is 11.6 Å². The van der Waals surface area contributed by atoms with Gasteiger partial charge in [0.15, 0.2) is 22.8 Å². The molecule has 5 rings (SSSR count). The van der Waals surface area contributed by atoms with E-state index in [2.05, 4.69) is 35.7 Å². The predicted octanol–water partition coefficient (Wildman–Crippen LogP) is -0.118. The Hall–Kier alpha value is -3.23. The van der Waals surface area contributed by atoms with Crippen LogP contribution >= 0.6 is 11.6 Å². The van der Waals surface area contributed by atoms with Crippen LogP contribution < -0.4 is 5.32 Å². The van der Waals surface area contributed by atoms with Crippen molar-refractivity contribution in [3.05, 3.63) is 53.3 Å². The number of tetrazole rings is 1. The summed E-state index contributed by atoms with van der Waals surface area (Å²) in [5.41, 5.74) is 1.82. The topological polar surface area (TPSA) is 180 Å². The number of hydrogen-bond donors (Lipinski definition) is 5. The van der Waals surface area contributed by atoms with E-state index in [-0.39, 0.29) is 36.8 Å². The van der Waals surface area contributed by atoms with Crippen molar-refractivity contribution < 1.29 is 20.4 Å². The van der Waals surface area contributed by atoms with Gasteiger partial charge in [0.05, 0.1) is 25.0 Å². The number of hydrogen-bond acceptors (Lipinski definition) is 11. The van der Waals surface area contributed by atoms with Gasteiger partial charge in [0.2, 0.25) is 5.28 Å². The van der Waals surface area contributed by atoms with Gasteiger partial charge in [0.1, 0.15) is 24.9 Å². The van der Waals surface area contributed by atoms with Crippen LogP contribution in [0.3, 0.4) is 0 Å². The summed E-state index contributed by atoms with van der Waals surface area (Å²) >= 11 is 6.22. The molecule has 4 aromatic rings. The summed E-state index contributed by atoms with van der Waals surface area (Å²) in [6.07, 6.45) is -0.0423. The fourth-order valence-electron chi connectivity index (χ4n) is 4.44. The molecule has 0 aliphatic heterocycles. The third kappa shape index (κ3) is 4.56. The van der Waals surface area contributed by atoms with E-state index in [0.29, 0.717) is 23.4 Å². The largest absolute Gasteiger partial charge is 0.394 e. The third-order valence-corrected chi connectivity index (χ3v) is 6.34. The van der Waals surface area contributed by atoms with Crippen molar-refractivity contribution in [3.8, 4) is 0 Å². The number of imidazole rings is 1. The normalized spacial score (nSPS) is 23.1. The highest BCUT2D eigenvalue weighted by atomic mass is 35.5. The van der Waals surface area contributed by atoms with E-state index < -0.39 is 24.3 Å². The molecule has 1 aromatic carbocycles. The van der Waals surface area contributed by atoms with Crippen LogP contribution in [0, 0.1) is 0 Å². The second-order valence-corrected chi connectivity index (χ2v) is 8.75. The highest BCUT2D eigenvalue weighted by Crippen LogP contribution is 2.39. The molecule has 3 aromatic heterocycles. The Morgan fingerprint density at radius 1 is 1.09 bits per heavy atom. The molecule has 13 nitrogen and oxygen atoms in total. The Bertz CT molecular complexity index is 1300. The smallest absolute Gasteiger partial charge is 0.226 e. The minimum Gasteiger partial charge on any atom is -0.394 e. The zero-order valence-corrected chi connectivity index (χ0v) is 19.2. The van der Waals surface area contributed by atoms with E-state index >= 15 is 0 Å². The van der Waals surface area contributed by atoms with Crippen LogP contribution in [0.4, 0.5) is 5.82 Å². The molecule has 1 aliphatic rings. The van der Waals surface area contributed by atoms with Crippen LogP contribution in [0.2, 0.25) is 5.28 Å². The minimum atomic E-state index is -1.18. The van der Waals surface area contributed by atoms with E-state index in [9.17, 15) is 20.4 Å². The van der Waals surface area contributed by atoms with Crippen LogP contribution in [0.1, 0.15) is 29.9 Å². The maximum absolute atomic E-state index is 10.8. The molecule has 1 aliphatic carbocycles. The Kier molecular flexibility index (Phi) is 6.58. The van der Waals surface area contributed by atoms with Gasteiger partial charge >= 0.3 is 0 Å². The number of nitrogens with zero attached hydrogens (tertiary/aromatic N) is 8. The highest BCUT2D eigenvalue weighted by molar-refractivity contribution is 6.28. The van der Waals surface area contributed by atoms with Gasteiger partial charge in [-0.3, -0.25) is 0 Å². The molecular weight excluding hydrogens is 478 g/mol.